The number of aliphatic hydroxyl groups is 3. The molecule has 2 saturated heterocycles. The third-order valence-corrected chi connectivity index (χ3v) is 7.70. The van der Waals surface area contributed by atoms with Crippen LogP contribution in [0.3, 0.4) is 0 Å². The van der Waals surface area contributed by atoms with Crippen LogP contribution in [0.1, 0.15) is 44.2 Å². The lowest BCUT2D eigenvalue weighted by atomic mass is 9.74. The molecule has 2 fully saturated rings. The Hall–Kier alpha value is -3.76. The molecule has 0 amide bonds. The first-order chi connectivity index (χ1) is 19.2. The maximum Gasteiger partial charge on any atom is 0.342 e. The summed E-state index contributed by atoms with van der Waals surface area (Å²) in [5.74, 6) is -7.77. The van der Waals surface area contributed by atoms with E-state index in [1.165, 1.54) is 14.0 Å². The normalized spacial score (nSPS) is 32.2. The lowest BCUT2D eigenvalue weighted by molar-refractivity contribution is -0.384. The Balaban J connectivity index is 1.69. The number of esters is 1. The highest BCUT2D eigenvalue weighted by atomic mass is 16.8. The van der Waals surface area contributed by atoms with E-state index in [1.807, 2.05) is 37.3 Å². The average Bonchev–Trinajstić information content (AvgIpc) is 3.43. The molecule has 1 aromatic heterocycles. The quantitative estimate of drug-likeness (QED) is 0.168. The van der Waals surface area contributed by atoms with Gasteiger partial charge >= 0.3 is 17.9 Å². The molecular formula is C26H32N4O11. The fraction of sp³-hybridized carbons (Fsp3) is 0.538. The van der Waals surface area contributed by atoms with Crippen molar-refractivity contribution in [3.8, 4) is 0 Å². The van der Waals surface area contributed by atoms with Gasteiger partial charge in [0.15, 0.2) is 17.7 Å². The molecule has 0 saturated carbocycles. The van der Waals surface area contributed by atoms with Gasteiger partial charge in [0.05, 0.1) is 0 Å². The number of aliphatic hydroxyl groups excluding tert-OH is 2. The minimum Gasteiger partial charge on any atom is -0.479 e. The van der Waals surface area contributed by atoms with Crippen LogP contribution in [0.4, 0.5) is 0 Å². The van der Waals surface area contributed by atoms with E-state index >= 15 is 0 Å². The predicted molar refractivity (Wildman–Crippen MR) is 135 cm³/mol. The summed E-state index contributed by atoms with van der Waals surface area (Å²) in [5.41, 5.74) is -5.43. The molecule has 1 aromatic carbocycles. The summed E-state index contributed by atoms with van der Waals surface area (Å²) in [4.78, 5) is 36.9. The molecule has 8 unspecified atom stereocenters. The van der Waals surface area contributed by atoms with Crippen molar-refractivity contribution in [2.24, 2.45) is 13.0 Å². The third-order valence-electron chi connectivity index (χ3n) is 7.70. The molecule has 15 nitrogen and oxygen atoms in total. The standard InChI is InChI=1S/C26H32N4O11/c1-13(17(39-15(3)31)14(2)12-16-8-6-5-7-9-16)10-11-24-18(32)19(33)26(41-24,23(36)37)25(38,22(34)35)20(40-24)21-27-28-29-30(21)4/h5-9,14,17-20,32-33,38H,1,10-12H2,2-4H3,(H,34,35)(H,36,37). The van der Waals surface area contributed by atoms with Crippen molar-refractivity contribution in [2.75, 3.05) is 0 Å². The first-order valence-corrected chi connectivity index (χ1v) is 12.8. The molecule has 41 heavy (non-hydrogen) atoms. The van der Waals surface area contributed by atoms with E-state index in [0.717, 1.165) is 10.2 Å². The maximum atomic E-state index is 12.6. The molecule has 0 aliphatic carbocycles. The van der Waals surface area contributed by atoms with Gasteiger partial charge in [-0.1, -0.05) is 43.8 Å². The van der Waals surface area contributed by atoms with E-state index in [2.05, 4.69) is 22.1 Å². The van der Waals surface area contributed by atoms with Crippen molar-refractivity contribution in [2.45, 2.75) is 74.5 Å². The maximum absolute atomic E-state index is 12.6. The monoisotopic (exact) mass is 576 g/mol. The average molecular weight is 577 g/mol. The summed E-state index contributed by atoms with van der Waals surface area (Å²) in [6.07, 6.45) is -7.47. The number of hydrogen-bond donors (Lipinski definition) is 5. The number of carboxylic acid groups (broad SMARTS) is 2. The van der Waals surface area contributed by atoms with E-state index in [-0.39, 0.29) is 18.8 Å². The zero-order valence-electron chi connectivity index (χ0n) is 22.6. The number of rotatable bonds is 11. The molecule has 15 heteroatoms. The number of hydrogen-bond acceptors (Lipinski definition) is 12. The third kappa shape index (κ3) is 4.78. The van der Waals surface area contributed by atoms with E-state index in [9.17, 15) is 39.9 Å². The van der Waals surface area contributed by atoms with E-state index in [1.54, 1.807) is 0 Å². The van der Waals surface area contributed by atoms with Gasteiger partial charge in [-0.3, -0.25) is 4.79 Å². The van der Waals surface area contributed by atoms with Crippen LogP contribution in [-0.2, 0) is 42.1 Å². The van der Waals surface area contributed by atoms with E-state index < -0.39 is 65.1 Å². The van der Waals surface area contributed by atoms with Crippen LogP contribution < -0.4 is 0 Å². The van der Waals surface area contributed by atoms with Gasteiger partial charge < -0.3 is 39.7 Å². The number of carboxylic acids is 2. The summed E-state index contributed by atoms with van der Waals surface area (Å²) < 4.78 is 18.0. The number of aryl methyl sites for hydroxylation is 1. The number of nitrogens with zero attached hydrogens (tertiary/aromatic N) is 4. The number of benzene rings is 1. The van der Waals surface area contributed by atoms with E-state index in [4.69, 9.17) is 14.2 Å². The van der Waals surface area contributed by atoms with Gasteiger partial charge in [0.1, 0.15) is 18.3 Å². The zero-order chi connectivity index (χ0) is 30.3. The summed E-state index contributed by atoms with van der Waals surface area (Å²) in [6, 6.07) is 9.45. The Bertz CT molecular complexity index is 1340. The SMILES string of the molecule is C=C(CCC12OC(c3nnnn3C)C(O)(C(=O)O)C(C(=O)O)(O1)C(O)C2O)C(OC(C)=O)C(C)Cc1ccccc1. The van der Waals surface area contributed by atoms with Gasteiger partial charge in [-0.05, 0) is 34.4 Å². The second-order valence-electron chi connectivity index (χ2n) is 10.4. The highest BCUT2D eigenvalue weighted by molar-refractivity contribution is 5.93. The van der Waals surface area contributed by atoms with Crippen molar-refractivity contribution < 1.29 is 54.1 Å². The minimum atomic E-state index is -3.48. The van der Waals surface area contributed by atoms with Gasteiger partial charge in [-0.2, -0.15) is 0 Å². The molecule has 3 heterocycles. The Morgan fingerprint density at radius 1 is 1.15 bits per heavy atom. The van der Waals surface area contributed by atoms with Crippen LogP contribution in [-0.4, -0.2) is 98.9 Å². The van der Waals surface area contributed by atoms with E-state index in [0.29, 0.717) is 12.0 Å². The van der Waals surface area contributed by atoms with Crippen LogP contribution in [0.25, 0.3) is 0 Å². The Morgan fingerprint density at radius 3 is 2.34 bits per heavy atom. The van der Waals surface area contributed by atoms with Crippen molar-refractivity contribution >= 4 is 17.9 Å². The molecular weight excluding hydrogens is 544 g/mol. The second kappa shape index (κ2) is 10.9. The molecule has 222 valence electrons. The molecule has 2 aromatic rings. The van der Waals surface area contributed by atoms with Crippen molar-refractivity contribution in [3.63, 3.8) is 0 Å². The topological polar surface area (TPSA) is 224 Å². The Kier molecular flexibility index (Phi) is 8.03. The van der Waals surface area contributed by atoms with Crippen LogP contribution in [0.5, 0.6) is 0 Å². The highest BCUT2D eigenvalue weighted by Crippen LogP contribution is 2.58. The Labute approximate surface area is 234 Å². The highest BCUT2D eigenvalue weighted by Gasteiger charge is 2.84. The first kappa shape index (κ1) is 30.2. The first-order valence-electron chi connectivity index (χ1n) is 12.8. The van der Waals surface area contributed by atoms with Crippen LogP contribution in [0.2, 0.25) is 0 Å². The number of fused-ring (bicyclic) bond motifs is 2. The lowest BCUT2D eigenvalue weighted by Gasteiger charge is -2.49. The van der Waals surface area contributed by atoms with Crippen LogP contribution >= 0.6 is 0 Å². The molecule has 0 spiro atoms. The number of aliphatic carboxylic acids is 2. The van der Waals surface area contributed by atoms with Gasteiger partial charge in [-0.15, -0.1) is 5.10 Å². The number of tetrazole rings is 1. The molecule has 4 rings (SSSR count). The van der Waals surface area contributed by atoms with Gasteiger partial charge in [0.2, 0.25) is 11.2 Å². The number of ether oxygens (including phenoxy) is 3. The largest absolute Gasteiger partial charge is 0.479 e. The zero-order valence-corrected chi connectivity index (χ0v) is 22.6. The minimum absolute atomic E-state index is 0.0914. The predicted octanol–water partition coefficient (Wildman–Crippen LogP) is -0.484. The summed E-state index contributed by atoms with van der Waals surface area (Å²) >= 11 is 0. The fourth-order valence-corrected chi connectivity index (χ4v) is 5.64. The number of aromatic nitrogens is 4. The molecule has 2 aliphatic heterocycles. The molecule has 8 atom stereocenters. The fourth-order valence-electron chi connectivity index (χ4n) is 5.64. The number of carbonyl (C=O) groups excluding carboxylic acids is 1. The summed E-state index contributed by atoms with van der Waals surface area (Å²) in [6.45, 7) is 7.14. The Morgan fingerprint density at radius 2 is 1.80 bits per heavy atom. The van der Waals surface area contributed by atoms with Gasteiger partial charge in [0.25, 0.3) is 0 Å². The lowest BCUT2D eigenvalue weighted by Crippen LogP contribution is -2.74. The van der Waals surface area contributed by atoms with Crippen LogP contribution in [0.15, 0.2) is 42.5 Å². The summed E-state index contributed by atoms with van der Waals surface area (Å²) in [5, 5.41) is 64.3. The van der Waals surface area contributed by atoms with Gasteiger partial charge in [0, 0.05) is 26.3 Å². The molecule has 0 radical (unpaired) electrons. The molecule has 2 aliphatic rings. The number of carbonyl (C=O) groups is 3. The van der Waals surface area contributed by atoms with Gasteiger partial charge in [-0.25, -0.2) is 14.3 Å². The van der Waals surface area contributed by atoms with Crippen LogP contribution in [0, 0.1) is 5.92 Å². The van der Waals surface area contributed by atoms with Crippen molar-refractivity contribution in [3.05, 3.63) is 53.9 Å². The van der Waals surface area contributed by atoms with Crippen molar-refractivity contribution in [1.29, 1.82) is 0 Å². The smallest absolute Gasteiger partial charge is 0.342 e. The second-order valence-corrected chi connectivity index (χ2v) is 10.4. The molecule has 2 bridgehead atoms. The summed E-state index contributed by atoms with van der Waals surface area (Å²) in [7, 11) is 1.30. The molecule has 5 N–H and O–H groups in total. The van der Waals surface area contributed by atoms with Crippen molar-refractivity contribution in [1.82, 2.24) is 20.2 Å².